The van der Waals surface area contributed by atoms with Crippen LogP contribution in [-0.2, 0) is 11.2 Å². The highest BCUT2D eigenvalue weighted by Crippen LogP contribution is 2.19. The number of nitrogens with one attached hydrogen (secondary N) is 2. The molecule has 0 aromatic heterocycles. The second-order valence-electron chi connectivity index (χ2n) is 5.18. The van der Waals surface area contributed by atoms with E-state index in [1.54, 1.807) is 7.11 Å². The van der Waals surface area contributed by atoms with Crippen LogP contribution in [0.5, 0.6) is 5.75 Å². The first kappa shape index (κ1) is 13.9. The molecule has 1 aromatic carbocycles. The molecule has 0 radical (unpaired) electrons. The molecule has 1 aromatic rings. The molecule has 1 aliphatic heterocycles. The molecule has 0 saturated carbocycles. The van der Waals surface area contributed by atoms with Gasteiger partial charge in [0.05, 0.1) is 12.6 Å². The number of rotatable bonds is 5. The molecular formula is C15H22N2O2. The summed E-state index contributed by atoms with van der Waals surface area (Å²) in [5, 5.41) is 6.28. The topological polar surface area (TPSA) is 50.4 Å². The first-order valence-corrected chi connectivity index (χ1v) is 6.81. The Bertz CT molecular complexity index is 440. The normalized spacial score (nSPS) is 22.2. The van der Waals surface area contributed by atoms with Crippen molar-refractivity contribution in [2.75, 3.05) is 20.2 Å². The molecule has 2 N–H and O–H groups in total. The van der Waals surface area contributed by atoms with E-state index in [0.29, 0.717) is 6.54 Å². The summed E-state index contributed by atoms with van der Waals surface area (Å²) in [5.41, 5.74) is 0.732. The molecule has 1 atom stereocenters. The maximum absolute atomic E-state index is 12.1. The van der Waals surface area contributed by atoms with Crippen LogP contribution in [0.3, 0.4) is 0 Å². The summed E-state index contributed by atoms with van der Waals surface area (Å²) in [7, 11) is 1.67. The minimum Gasteiger partial charge on any atom is -0.496 e. The van der Waals surface area contributed by atoms with Crippen LogP contribution in [0.4, 0.5) is 0 Å². The molecule has 1 unspecified atom stereocenters. The van der Waals surface area contributed by atoms with Crippen molar-refractivity contribution in [2.24, 2.45) is 0 Å². The van der Waals surface area contributed by atoms with E-state index >= 15 is 0 Å². The lowest BCUT2D eigenvalue weighted by Gasteiger charge is -2.23. The van der Waals surface area contributed by atoms with E-state index in [1.807, 2.05) is 31.2 Å². The first-order chi connectivity index (χ1) is 9.15. The maximum atomic E-state index is 12.1. The van der Waals surface area contributed by atoms with Crippen molar-refractivity contribution < 1.29 is 9.53 Å². The minimum absolute atomic E-state index is 0.0971. The lowest BCUT2D eigenvalue weighted by Crippen LogP contribution is -2.51. The van der Waals surface area contributed by atoms with Crippen LogP contribution >= 0.6 is 0 Å². The van der Waals surface area contributed by atoms with Crippen molar-refractivity contribution in [1.82, 2.24) is 10.6 Å². The van der Waals surface area contributed by atoms with Gasteiger partial charge in [0.2, 0.25) is 5.91 Å². The van der Waals surface area contributed by atoms with Gasteiger partial charge >= 0.3 is 0 Å². The van der Waals surface area contributed by atoms with Crippen LogP contribution in [0.1, 0.15) is 25.3 Å². The van der Waals surface area contributed by atoms with Gasteiger partial charge in [-0.25, -0.2) is 0 Å². The van der Waals surface area contributed by atoms with E-state index in [4.69, 9.17) is 4.74 Å². The summed E-state index contributed by atoms with van der Waals surface area (Å²) in [4.78, 5) is 12.1. The lowest BCUT2D eigenvalue weighted by atomic mass is 9.99. The zero-order valence-electron chi connectivity index (χ0n) is 11.7. The number of benzene rings is 1. The predicted molar refractivity (Wildman–Crippen MR) is 75.3 cm³/mol. The second-order valence-corrected chi connectivity index (χ2v) is 5.18. The Labute approximate surface area is 114 Å². The molecule has 0 bridgehead atoms. The Morgan fingerprint density at radius 2 is 2.26 bits per heavy atom. The van der Waals surface area contributed by atoms with E-state index in [9.17, 15) is 4.79 Å². The third-order valence-corrected chi connectivity index (χ3v) is 3.74. The number of carbonyl (C=O) groups is 1. The quantitative estimate of drug-likeness (QED) is 0.845. The van der Waals surface area contributed by atoms with E-state index in [0.717, 1.165) is 37.1 Å². The third-order valence-electron chi connectivity index (χ3n) is 3.74. The van der Waals surface area contributed by atoms with Gasteiger partial charge in [-0.3, -0.25) is 4.79 Å². The SMILES string of the molecule is COc1ccccc1CCNC(=O)C1(C)CCCN1. The predicted octanol–water partition coefficient (Wildman–Crippen LogP) is 1.50. The Morgan fingerprint density at radius 1 is 1.47 bits per heavy atom. The first-order valence-electron chi connectivity index (χ1n) is 6.81. The highest BCUT2D eigenvalue weighted by molar-refractivity contribution is 5.86. The summed E-state index contributed by atoms with van der Waals surface area (Å²) in [5.74, 6) is 0.974. The summed E-state index contributed by atoms with van der Waals surface area (Å²) >= 11 is 0. The van der Waals surface area contributed by atoms with Crippen molar-refractivity contribution in [2.45, 2.75) is 31.7 Å². The molecule has 19 heavy (non-hydrogen) atoms. The average Bonchev–Trinajstić information content (AvgIpc) is 2.87. The smallest absolute Gasteiger partial charge is 0.240 e. The molecule has 1 heterocycles. The van der Waals surface area contributed by atoms with Gasteiger partial charge in [0.15, 0.2) is 0 Å². The Morgan fingerprint density at radius 3 is 2.95 bits per heavy atom. The molecule has 0 aliphatic carbocycles. The van der Waals surface area contributed by atoms with Gasteiger partial charge in [-0.15, -0.1) is 0 Å². The Kier molecular flexibility index (Phi) is 4.43. The zero-order valence-corrected chi connectivity index (χ0v) is 11.7. The highest BCUT2D eigenvalue weighted by atomic mass is 16.5. The molecule has 4 heteroatoms. The van der Waals surface area contributed by atoms with Crippen molar-refractivity contribution >= 4 is 5.91 Å². The van der Waals surface area contributed by atoms with Crippen LogP contribution in [-0.4, -0.2) is 31.6 Å². The number of hydrogen-bond donors (Lipinski definition) is 2. The molecule has 1 aliphatic rings. The van der Waals surface area contributed by atoms with Crippen LogP contribution in [0.2, 0.25) is 0 Å². The second kappa shape index (κ2) is 6.06. The fraction of sp³-hybridized carbons (Fsp3) is 0.533. The van der Waals surface area contributed by atoms with Crippen LogP contribution in [0.15, 0.2) is 24.3 Å². The molecule has 4 nitrogen and oxygen atoms in total. The fourth-order valence-corrected chi connectivity index (χ4v) is 2.50. The fourth-order valence-electron chi connectivity index (χ4n) is 2.50. The molecule has 1 saturated heterocycles. The highest BCUT2D eigenvalue weighted by Gasteiger charge is 2.35. The Hall–Kier alpha value is -1.55. The molecule has 0 spiro atoms. The summed E-state index contributed by atoms with van der Waals surface area (Å²) in [6, 6.07) is 7.90. The van der Waals surface area contributed by atoms with E-state index in [1.165, 1.54) is 0 Å². The number of hydrogen-bond acceptors (Lipinski definition) is 3. The monoisotopic (exact) mass is 262 g/mol. The molecule has 1 fully saturated rings. The van der Waals surface area contributed by atoms with Gasteiger partial charge in [-0.1, -0.05) is 18.2 Å². The summed E-state index contributed by atoms with van der Waals surface area (Å²) < 4.78 is 5.30. The average molecular weight is 262 g/mol. The maximum Gasteiger partial charge on any atom is 0.240 e. The van der Waals surface area contributed by atoms with Crippen LogP contribution in [0.25, 0.3) is 0 Å². The molecule has 2 rings (SSSR count). The van der Waals surface area contributed by atoms with Gasteiger partial charge < -0.3 is 15.4 Å². The van der Waals surface area contributed by atoms with Gasteiger partial charge in [0, 0.05) is 6.54 Å². The number of para-hydroxylation sites is 1. The summed E-state index contributed by atoms with van der Waals surface area (Å²) in [6.07, 6.45) is 2.76. The third kappa shape index (κ3) is 3.26. The molecular weight excluding hydrogens is 240 g/mol. The number of carbonyl (C=O) groups excluding carboxylic acids is 1. The van der Waals surface area contributed by atoms with Crippen molar-refractivity contribution in [3.05, 3.63) is 29.8 Å². The van der Waals surface area contributed by atoms with Gasteiger partial charge in [-0.2, -0.15) is 0 Å². The van der Waals surface area contributed by atoms with Crippen molar-refractivity contribution in [1.29, 1.82) is 0 Å². The largest absolute Gasteiger partial charge is 0.496 e. The van der Waals surface area contributed by atoms with E-state index in [-0.39, 0.29) is 11.4 Å². The minimum atomic E-state index is -0.388. The van der Waals surface area contributed by atoms with E-state index < -0.39 is 0 Å². The van der Waals surface area contributed by atoms with Gasteiger partial charge in [0.1, 0.15) is 5.75 Å². The van der Waals surface area contributed by atoms with Crippen LogP contribution in [0, 0.1) is 0 Å². The number of methoxy groups -OCH3 is 1. The van der Waals surface area contributed by atoms with Crippen molar-refractivity contribution in [3.8, 4) is 5.75 Å². The summed E-state index contributed by atoms with van der Waals surface area (Å²) in [6.45, 7) is 3.53. The molecule has 104 valence electrons. The number of ether oxygens (including phenoxy) is 1. The number of amides is 1. The standard InChI is InChI=1S/C15H22N2O2/c1-15(9-5-10-17-15)14(18)16-11-8-12-6-3-4-7-13(12)19-2/h3-4,6-7,17H,5,8-11H2,1-2H3,(H,16,18). The van der Waals surface area contributed by atoms with E-state index in [2.05, 4.69) is 10.6 Å². The van der Waals surface area contributed by atoms with Gasteiger partial charge in [-0.05, 0) is 44.4 Å². The lowest BCUT2D eigenvalue weighted by molar-refractivity contribution is -0.126. The van der Waals surface area contributed by atoms with Crippen LogP contribution < -0.4 is 15.4 Å². The molecule has 1 amide bonds. The van der Waals surface area contributed by atoms with Gasteiger partial charge in [0.25, 0.3) is 0 Å². The Balaban J connectivity index is 1.85. The van der Waals surface area contributed by atoms with Crippen molar-refractivity contribution in [3.63, 3.8) is 0 Å². The zero-order chi connectivity index (χ0) is 13.7.